The zero-order chi connectivity index (χ0) is 16.2. The van der Waals surface area contributed by atoms with Gasteiger partial charge in [0.25, 0.3) is 5.91 Å². The van der Waals surface area contributed by atoms with E-state index >= 15 is 0 Å². The van der Waals surface area contributed by atoms with Crippen molar-refractivity contribution in [2.24, 2.45) is 0 Å². The fourth-order valence-corrected chi connectivity index (χ4v) is 2.98. The summed E-state index contributed by atoms with van der Waals surface area (Å²) in [4.78, 5) is 30.5. The van der Waals surface area contributed by atoms with E-state index in [1.807, 2.05) is 4.90 Å². The number of hydrogen-bond acceptors (Lipinski definition) is 4. The van der Waals surface area contributed by atoms with Gasteiger partial charge in [-0.05, 0) is 32.3 Å². The average Bonchev–Trinajstić information content (AvgIpc) is 2.99. The number of aromatic nitrogens is 3. The minimum Gasteiger partial charge on any atom is -0.351 e. The van der Waals surface area contributed by atoms with Crippen LogP contribution in [0.3, 0.4) is 0 Å². The van der Waals surface area contributed by atoms with Crippen LogP contribution in [-0.2, 0) is 4.79 Å². The summed E-state index contributed by atoms with van der Waals surface area (Å²) >= 11 is 0. The highest BCUT2D eigenvalue weighted by Gasteiger charge is 2.23. The molecule has 0 bridgehead atoms. The molecule has 3 heterocycles. The number of amides is 2. The topological polar surface area (TPSA) is 79.6 Å². The lowest BCUT2D eigenvalue weighted by Crippen LogP contribution is -2.43. The minimum absolute atomic E-state index is 0.107. The van der Waals surface area contributed by atoms with Crippen LogP contribution in [0.15, 0.2) is 24.7 Å². The molecule has 2 amide bonds. The van der Waals surface area contributed by atoms with Crippen LogP contribution in [-0.4, -0.2) is 50.4 Å². The first-order valence-corrected chi connectivity index (χ1v) is 8.03. The van der Waals surface area contributed by atoms with Crippen molar-refractivity contribution >= 4 is 17.5 Å². The lowest BCUT2D eigenvalue weighted by atomic mass is 10.0. The molecule has 7 heteroatoms. The van der Waals surface area contributed by atoms with Crippen LogP contribution in [0.1, 0.15) is 43.0 Å². The number of rotatable bonds is 4. The number of hydrogen-bond donors (Lipinski definition) is 1. The molecule has 0 aliphatic carbocycles. The number of fused-ring (bicyclic) bond motifs is 1. The summed E-state index contributed by atoms with van der Waals surface area (Å²) in [6.07, 6.45) is 8.48. The predicted molar refractivity (Wildman–Crippen MR) is 85.0 cm³/mol. The van der Waals surface area contributed by atoms with Gasteiger partial charge in [-0.3, -0.25) is 9.59 Å². The first-order valence-electron chi connectivity index (χ1n) is 8.03. The Bertz CT molecular complexity index is 711. The second-order valence-electron chi connectivity index (χ2n) is 5.88. The van der Waals surface area contributed by atoms with E-state index < -0.39 is 0 Å². The Morgan fingerprint density at radius 2 is 2.26 bits per heavy atom. The van der Waals surface area contributed by atoms with E-state index in [4.69, 9.17) is 0 Å². The molecule has 1 aliphatic heterocycles. The molecular weight excluding hydrogens is 294 g/mol. The number of nitrogens with zero attached hydrogens (tertiary/aromatic N) is 4. The number of carbonyl (C=O) groups excluding carboxylic acids is 2. The zero-order valence-electron chi connectivity index (χ0n) is 13.2. The highest BCUT2D eigenvalue weighted by atomic mass is 16.2. The van der Waals surface area contributed by atoms with E-state index in [1.165, 1.54) is 12.6 Å². The standard InChI is InChI=1S/C16H21N5O2/c1-12-5-2-3-9-20(12)14(22)6-8-18-16(23)13-11-19-21-10-4-7-17-15(13)21/h4,7,10-12H,2-3,5-6,8-9H2,1H3,(H,18,23)/t12-/m0/s1. The summed E-state index contributed by atoms with van der Waals surface area (Å²) in [5.74, 6) is -0.145. The lowest BCUT2D eigenvalue weighted by molar-refractivity contribution is -0.134. The quantitative estimate of drug-likeness (QED) is 0.921. The van der Waals surface area contributed by atoms with E-state index in [-0.39, 0.29) is 11.8 Å². The molecule has 23 heavy (non-hydrogen) atoms. The molecule has 1 N–H and O–H groups in total. The van der Waals surface area contributed by atoms with E-state index in [2.05, 4.69) is 22.3 Å². The Hall–Kier alpha value is -2.44. The van der Waals surface area contributed by atoms with Crippen molar-refractivity contribution < 1.29 is 9.59 Å². The Balaban J connectivity index is 1.54. The summed E-state index contributed by atoms with van der Waals surface area (Å²) in [6.45, 7) is 3.23. The van der Waals surface area contributed by atoms with Crippen molar-refractivity contribution in [2.75, 3.05) is 13.1 Å². The molecule has 1 fully saturated rings. The van der Waals surface area contributed by atoms with E-state index in [1.54, 1.807) is 23.0 Å². The third-order valence-corrected chi connectivity index (χ3v) is 4.27. The second kappa shape index (κ2) is 6.76. The fraction of sp³-hybridized carbons (Fsp3) is 0.500. The fourth-order valence-electron chi connectivity index (χ4n) is 2.98. The highest BCUT2D eigenvalue weighted by molar-refractivity contribution is 5.99. The molecule has 7 nitrogen and oxygen atoms in total. The number of piperidine rings is 1. The Morgan fingerprint density at radius 1 is 1.39 bits per heavy atom. The van der Waals surface area contributed by atoms with Crippen molar-refractivity contribution in [3.63, 3.8) is 0 Å². The Kier molecular flexibility index (Phi) is 4.55. The molecule has 1 atom stereocenters. The van der Waals surface area contributed by atoms with E-state index in [9.17, 15) is 9.59 Å². The van der Waals surface area contributed by atoms with Crippen molar-refractivity contribution in [1.29, 1.82) is 0 Å². The normalized spacial score (nSPS) is 18.1. The molecule has 122 valence electrons. The molecule has 0 spiro atoms. The summed E-state index contributed by atoms with van der Waals surface area (Å²) in [5, 5.41) is 6.87. The third-order valence-electron chi connectivity index (χ3n) is 4.27. The van der Waals surface area contributed by atoms with Gasteiger partial charge < -0.3 is 10.2 Å². The van der Waals surface area contributed by atoms with E-state index in [0.29, 0.717) is 30.2 Å². The third kappa shape index (κ3) is 3.33. The molecule has 3 rings (SSSR count). The molecular formula is C16H21N5O2. The van der Waals surface area contributed by atoms with Gasteiger partial charge >= 0.3 is 0 Å². The zero-order valence-corrected chi connectivity index (χ0v) is 13.2. The summed E-state index contributed by atoms with van der Waals surface area (Å²) in [7, 11) is 0. The maximum atomic E-state index is 12.2. The van der Waals surface area contributed by atoms with Crippen LogP contribution in [0.25, 0.3) is 5.65 Å². The van der Waals surface area contributed by atoms with Crippen molar-refractivity contribution in [1.82, 2.24) is 24.8 Å². The maximum absolute atomic E-state index is 12.2. The van der Waals surface area contributed by atoms with Gasteiger partial charge in [-0.2, -0.15) is 5.10 Å². The van der Waals surface area contributed by atoms with Gasteiger partial charge in [0.2, 0.25) is 5.91 Å². The van der Waals surface area contributed by atoms with Crippen molar-refractivity contribution in [3.05, 3.63) is 30.2 Å². The molecule has 0 aromatic carbocycles. The molecule has 2 aromatic rings. The van der Waals surface area contributed by atoms with Crippen LogP contribution in [0.2, 0.25) is 0 Å². The first kappa shape index (κ1) is 15.5. The lowest BCUT2D eigenvalue weighted by Gasteiger charge is -2.33. The molecule has 0 saturated carbocycles. The van der Waals surface area contributed by atoms with Gasteiger partial charge in [-0.1, -0.05) is 0 Å². The monoisotopic (exact) mass is 315 g/mol. The molecule has 1 saturated heterocycles. The predicted octanol–water partition coefficient (Wildman–Crippen LogP) is 1.25. The summed E-state index contributed by atoms with van der Waals surface area (Å²) < 4.78 is 1.55. The SMILES string of the molecule is C[C@H]1CCCCN1C(=O)CCNC(=O)c1cnn2cccnc12. The van der Waals surface area contributed by atoms with Crippen molar-refractivity contribution in [3.8, 4) is 0 Å². The number of carbonyl (C=O) groups is 2. The Morgan fingerprint density at radius 3 is 3.09 bits per heavy atom. The minimum atomic E-state index is -0.252. The highest BCUT2D eigenvalue weighted by Crippen LogP contribution is 2.17. The molecule has 2 aromatic heterocycles. The van der Waals surface area contributed by atoms with Crippen LogP contribution >= 0.6 is 0 Å². The first-order chi connectivity index (χ1) is 11.2. The number of likely N-dealkylation sites (tertiary alicyclic amines) is 1. The summed E-state index contributed by atoms with van der Waals surface area (Å²) in [6, 6.07) is 2.05. The van der Waals surface area contributed by atoms with Gasteiger partial charge in [0.1, 0.15) is 5.56 Å². The van der Waals surface area contributed by atoms with Crippen LogP contribution in [0, 0.1) is 0 Å². The molecule has 0 unspecified atom stereocenters. The second-order valence-corrected chi connectivity index (χ2v) is 5.88. The Labute approximate surface area is 134 Å². The maximum Gasteiger partial charge on any atom is 0.256 e. The van der Waals surface area contributed by atoms with Crippen LogP contribution in [0.4, 0.5) is 0 Å². The number of nitrogens with one attached hydrogen (secondary N) is 1. The van der Waals surface area contributed by atoms with Gasteiger partial charge in [0, 0.05) is 37.9 Å². The van der Waals surface area contributed by atoms with E-state index in [0.717, 1.165) is 19.4 Å². The summed E-state index contributed by atoms with van der Waals surface area (Å²) in [5.41, 5.74) is 0.936. The largest absolute Gasteiger partial charge is 0.351 e. The van der Waals surface area contributed by atoms with Gasteiger partial charge in [-0.25, -0.2) is 9.50 Å². The van der Waals surface area contributed by atoms with Crippen LogP contribution < -0.4 is 5.32 Å². The van der Waals surface area contributed by atoms with Gasteiger partial charge in [0.05, 0.1) is 6.20 Å². The molecule has 1 aliphatic rings. The molecule has 0 radical (unpaired) electrons. The van der Waals surface area contributed by atoms with Gasteiger partial charge in [-0.15, -0.1) is 0 Å². The average molecular weight is 315 g/mol. The van der Waals surface area contributed by atoms with Gasteiger partial charge in [0.15, 0.2) is 5.65 Å². The van der Waals surface area contributed by atoms with Crippen molar-refractivity contribution in [2.45, 2.75) is 38.6 Å². The smallest absolute Gasteiger partial charge is 0.256 e. The van der Waals surface area contributed by atoms with Crippen LogP contribution in [0.5, 0.6) is 0 Å².